The first-order valence-electron chi connectivity index (χ1n) is 10.6. The zero-order valence-electron chi connectivity index (χ0n) is 17.3. The van der Waals surface area contributed by atoms with E-state index in [-0.39, 0.29) is 22.4 Å². The highest BCUT2D eigenvalue weighted by atomic mass is 32.2. The third kappa shape index (κ3) is 4.09. The van der Waals surface area contributed by atoms with Crippen LogP contribution in [0.4, 0.5) is 0 Å². The van der Waals surface area contributed by atoms with E-state index in [4.69, 9.17) is 4.74 Å². The van der Waals surface area contributed by atoms with Crippen LogP contribution in [0.1, 0.15) is 59.6 Å². The first-order chi connectivity index (χ1) is 14.5. The van der Waals surface area contributed by atoms with Crippen molar-refractivity contribution in [1.82, 2.24) is 9.62 Å². The van der Waals surface area contributed by atoms with Crippen molar-refractivity contribution in [2.75, 3.05) is 20.2 Å². The molecule has 2 aliphatic rings. The van der Waals surface area contributed by atoms with Crippen molar-refractivity contribution in [3.05, 3.63) is 59.2 Å². The number of amides is 1. The fraction of sp³-hybridized carbons (Fsp3) is 0.435. The number of fused-ring (bicyclic) bond motifs is 1. The summed E-state index contributed by atoms with van der Waals surface area (Å²) in [5, 5.41) is 3.10. The molecule has 0 bridgehead atoms. The van der Waals surface area contributed by atoms with Gasteiger partial charge in [0, 0.05) is 13.1 Å². The molecule has 0 aromatic heterocycles. The normalized spacial score (nSPS) is 19.7. The van der Waals surface area contributed by atoms with E-state index >= 15 is 0 Å². The highest BCUT2D eigenvalue weighted by Gasteiger charge is 2.29. The van der Waals surface area contributed by atoms with Gasteiger partial charge in [-0.15, -0.1) is 0 Å². The Morgan fingerprint density at radius 1 is 1.07 bits per heavy atom. The predicted molar refractivity (Wildman–Crippen MR) is 115 cm³/mol. The lowest BCUT2D eigenvalue weighted by molar-refractivity contribution is 0.0929. The Kier molecular flexibility index (Phi) is 6.11. The van der Waals surface area contributed by atoms with Crippen molar-refractivity contribution < 1.29 is 17.9 Å². The second-order valence-electron chi connectivity index (χ2n) is 7.94. The molecule has 0 spiro atoms. The molecule has 6 nitrogen and oxygen atoms in total. The topological polar surface area (TPSA) is 75.7 Å². The van der Waals surface area contributed by atoms with E-state index in [2.05, 4.69) is 11.4 Å². The molecule has 7 heteroatoms. The van der Waals surface area contributed by atoms with Gasteiger partial charge in [0.15, 0.2) is 0 Å². The standard InChI is InChI=1S/C23H28N2O4S/c1-29-22-13-12-18(30(27,28)25-14-5-2-6-15-25)16-20(22)23(26)24-21-11-7-9-17-8-3-4-10-19(17)21/h3-4,8,10,12-13,16,21H,2,5-7,9,11,14-15H2,1H3,(H,24,26)/t21-/m1/s1. The number of piperidine rings is 1. The molecular formula is C23H28N2O4S. The number of hydrogen-bond donors (Lipinski definition) is 1. The van der Waals surface area contributed by atoms with Gasteiger partial charge in [0.2, 0.25) is 10.0 Å². The number of hydrogen-bond acceptors (Lipinski definition) is 4. The van der Waals surface area contributed by atoms with Gasteiger partial charge in [-0.05, 0) is 61.4 Å². The van der Waals surface area contributed by atoms with Crippen LogP contribution in [-0.4, -0.2) is 38.8 Å². The van der Waals surface area contributed by atoms with Gasteiger partial charge in [0.05, 0.1) is 23.6 Å². The zero-order chi connectivity index (χ0) is 21.1. The maximum Gasteiger partial charge on any atom is 0.255 e. The van der Waals surface area contributed by atoms with Gasteiger partial charge in [-0.25, -0.2) is 8.42 Å². The second kappa shape index (κ2) is 8.78. The first kappa shape index (κ1) is 20.9. The Hall–Kier alpha value is -2.38. The van der Waals surface area contributed by atoms with Gasteiger partial charge in [-0.1, -0.05) is 30.7 Å². The van der Waals surface area contributed by atoms with E-state index in [1.54, 1.807) is 6.07 Å². The van der Waals surface area contributed by atoms with Crippen LogP contribution in [0.25, 0.3) is 0 Å². The largest absolute Gasteiger partial charge is 0.496 e. The lowest BCUT2D eigenvalue weighted by Gasteiger charge is -2.27. The molecule has 1 aliphatic carbocycles. The maximum absolute atomic E-state index is 13.2. The average Bonchev–Trinajstić information content (AvgIpc) is 2.79. The average molecular weight is 429 g/mol. The molecule has 0 saturated carbocycles. The molecule has 0 unspecified atom stereocenters. The van der Waals surface area contributed by atoms with Crippen molar-refractivity contribution in [3.8, 4) is 5.75 Å². The third-order valence-electron chi connectivity index (χ3n) is 6.04. The van der Waals surface area contributed by atoms with Gasteiger partial charge in [-0.2, -0.15) is 4.31 Å². The lowest BCUT2D eigenvalue weighted by Crippen LogP contribution is -2.36. The number of carbonyl (C=O) groups is 1. The number of sulfonamides is 1. The van der Waals surface area contributed by atoms with Crippen molar-refractivity contribution in [1.29, 1.82) is 0 Å². The molecule has 1 fully saturated rings. The van der Waals surface area contributed by atoms with Crippen molar-refractivity contribution in [2.45, 2.75) is 49.5 Å². The smallest absolute Gasteiger partial charge is 0.255 e. The number of methoxy groups -OCH3 is 1. The quantitative estimate of drug-likeness (QED) is 0.788. The molecule has 4 rings (SSSR count). The SMILES string of the molecule is COc1ccc(S(=O)(=O)N2CCCCC2)cc1C(=O)N[C@@H]1CCCc2ccccc21. The van der Waals surface area contributed by atoms with Crippen LogP contribution in [0.15, 0.2) is 47.4 Å². The fourth-order valence-corrected chi connectivity index (χ4v) is 5.96. The monoisotopic (exact) mass is 428 g/mol. The highest BCUT2D eigenvalue weighted by Crippen LogP contribution is 2.31. The molecule has 2 aromatic carbocycles. The van der Waals surface area contributed by atoms with Crippen LogP contribution in [0, 0.1) is 0 Å². The Morgan fingerprint density at radius 2 is 1.83 bits per heavy atom. The summed E-state index contributed by atoms with van der Waals surface area (Å²) in [7, 11) is -2.14. The van der Waals surface area contributed by atoms with E-state index in [0.717, 1.165) is 44.1 Å². The van der Waals surface area contributed by atoms with Gasteiger partial charge < -0.3 is 10.1 Å². The van der Waals surface area contributed by atoms with E-state index in [1.165, 1.54) is 29.1 Å². The van der Waals surface area contributed by atoms with Gasteiger partial charge in [0.25, 0.3) is 5.91 Å². The third-order valence-corrected chi connectivity index (χ3v) is 7.94. The molecule has 0 radical (unpaired) electrons. The molecule has 1 atom stereocenters. The summed E-state index contributed by atoms with van der Waals surface area (Å²) in [6.07, 6.45) is 5.65. The van der Waals surface area contributed by atoms with Crippen LogP contribution >= 0.6 is 0 Å². The number of nitrogens with one attached hydrogen (secondary N) is 1. The summed E-state index contributed by atoms with van der Waals surface area (Å²) >= 11 is 0. The van der Waals surface area contributed by atoms with Gasteiger partial charge >= 0.3 is 0 Å². The van der Waals surface area contributed by atoms with Crippen molar-refractivity contribution in [3.63, 3.8) is 0 Å². The molecule has 1 amide bonds. The number of rotatable bonds is 5. The Balaban J connectivity index is 1.62. The number of nitrogens with zero attached hydrogens (tertiary/aromatic N) is 1. The van der Waals surface area contributed by atoms with Crippen LogP contribution in [0.5, 0.6) is 5.75 Å². The lowest BCUT2D eigenvalue weighted by atomic mass is 9.87. The molecule has 1 heterocycles. The summed E-state index contributed by atoms with van der Waals surface area (Å²) < 4.78 is 33.0. The summed E-state index contributed by atoms with van der Waals surface area (Å²) in [6, 6.07) is 12.6. The summed E-state index contributed by atoms with van der Waals surface area (Å²) in [5.41, 5.74) is 2.63. The summed E-state index contributed by atoms with van der Waals surface area (Å²) in [6.45, 7) is 1.05. The predicted octanol–water partition coefficient (Wildman–Crippen LogP) is 3.68. The number of carbonyl (C=O) groups excluding carboxylic acids is 1. The van der Waals surface area contributed by atoms with E-state index in [9.17, 15) is 13.2 Å². The van der Waals surface area contributed by atoms with E-state index in [0.29, 0.717) is 18.8 Å². The van der Waals surface area contributed by atoms with Gasteiger partial charge in [0.1, 0.15) is 5.75 Å². The number of ether oxygens (including phenoxy) is 1. The number of aryl methyl sites for hydroxylation is 1. The maximum atomic E-state index is 13.2. The van der Waals surface area contributed by atoms with Crippen LogP contribution < -0.4 is 10.1 Å². The Bertz CT molecular complexity index is 1030. The second-order valence-corrected chi connectivity index (χ2v) is 9.88. The summed E-state index contributed by atoms with van der Waals surface area (Å²) in [5.74, 6) is 0.0541. The molecule has 160 valence electrons. The molecule has 2 aromatic rings. The Morgan fingerprint density at radius 3 is 2.60 bits per heavy atom. The van der Waals surface area contributed by atoms with Crippen LogP contribution in [0.3, 0.4) is 0 Å². The van der Waals surface area contributed by atoms with Crippen LogP contribution in [-0.2, 0) is 16.4 Å². The molecule has 1 aliphatic heterocycles. The van der Waals surface area contributed by atoms with Crippen molar-refractivity contribution >= 4 is 15.9 Å². The Labute approximate surface area is 178 Å². The van der Waals surface area contributed by atoms with Crippen LogP contribution in [0.2, 0.25) is 0 Å². The minimum atomic E-state index is -3.63. The molecule has 1 saturated heterocycles. The minimum absolute atomic E-state index is 0.0884. The van der Waals surface area contributed by atoms with E-state index in [1.807, 2.05) is 18.2 Å². The fourth-order valence-electron chi connectivity index (χ4n) is 4.42. The van der Waals surface area contributed by atoms with Crippen molar-refractivity contribution in [2.24, 2.45) is 0 Å². The minimum Gasteiger partial charge on any atom is -0.496 e. The zero-order valence-corrected chi connectivity index (χ0v) is 18.1. The molecular weight excluding hydrogens is 400 g/mol. The number of benzene rings is 2. The molecule has 30 heavy (non-hydrogen) atoms. The van der Waals surface area contributed by atoms with Gasteiger partial charge in [-0.3, -0.25) is 4.79 Å². The highest BCUT2D eigenvalue weighted by molar-refractivity contribution is 7.89. The first-order valence-corrected chi connectivity index (χ1v) is 12.0. The summed E-state index contributed by atoms with van der Waals surface area (Å²) in [4.78, 5) is 13.3. The van der Waals surface area contributed by atoms with E-state index < -0.39 is 10.0 Å². The molecule has 1 N–H and O–H groups in total.